The maximum atomic E-state index is 3.13. The van der Waals surface area contributed by atoms with Crippen molar-refractivity contribution in [2.45, 2.75) is 45.2 Å². The Morgan fingerprint density at radius 1 is 1.27 bits per heavy atom. The Morgan fingerprint density at radius 2 is 1.91 bits per heavy atom. The molecule has 2 fully saturated rings. The molecule has 4 atom stereocenters. The summed E-state index contributed by atoms with van der Waals surface area (Å²) in [6, 6.07) is 0. The zero-order chi connectivity index (χ0) is 8.28. The van der Waals surface area contributed by atoms with Crippen molar-refractivity contribution in [2.24, 2.45) is 17.3 Å². The summed E-state index contributed by atoms with van der Waals surface area (Å²) >= 11 is 0. The fraction of sp³-hybridized carbons (Fsp3) is 1.00. The highest BCUT2D eigenvalue weighted by Crippen LogP contribution is 2.73. The van der Waals surface area contributed by atoms with Gasteiger partial charge in [-0.2, -0.15) is 0 Å². The minimum atomic E-state index is 0.627. The smallest absolute Gasteiger partial charge is 0.00602 e. The largest absolute Gasteiger partial charge is 0.130 e. The first-order valence-corrected chi connectivity index (χ1v) is 5.35. The van der Waals surface area contributed by atoms with Crippen LogP contribution in [0.3, 0.4) is 0 Å². The maximum absolute atomic E-state index is 3.13. The number of fused-ring (bicyclic) bond motifs is 1. The van der Waals surface area contributed by atoms with Gasteiger partial charge >= 0.3 is 0 Å². The first-order chi connectivity index (χ1) is 4.98. The summed E-state index contributed by atoms with van der Waals surface area (Å²) in [5, 5.41) is 0.630. The van der Waals surface area contributed by atoms with Gasteiger partial charge in [0.25, 0.3) is 0 Å². The first kappa shape index (κ1) is 8.05. The van der Waals surface area contributed by atoms with Crippen molar-refractivity contribution in [3.05, 3.63) is 0 Å². The molecule has 1 heteroatoms. The van der Waals surface area contributed by atoms with E-state index in [1.807, 2.05) is 0 Å². The van der Waals surface area contributed by atoms with Gasteiger partial charge in [-0.05, 0) is 35.2 Å². The molecule has 2 aliphatic rings. The van der Waals surface area contributed by atoms with E-state index >= 15 is 0 Å². The lowest BCUT2D eigenvalue weighted by atomic mass is 9.90. The Morgan fingerprint density at radius 3 is 2.36 bits per heavy atom. The van der Waals surface area contributed by atoms with Crippen LogP contribution in [0.5, 0.6) is 0 Å². The molecular formula is C10H19P. The summed E-state index contributed by atoms with van der Waals surface area (Å²) in [6.45, 7) is 7.27. The molecule has 0 nitrogen and oxygen atoms in total. The molecule has 0 saturated heterocycles. The quantitative estimate of drug-likeness (QED) is 0.490. The molecular weight excluding hydrogens is 151 g/mol. The van der Waals surface area contributed by atoms with E-state index in [0.717, 1.165) is 11.8 Å². The van der Waals surface area contributed by atoms with Crippen LogP contribution in [0.2, 0.25) is 0 Å². The Kier molecular flexibility index (Phi) is 1.48. The third-order valence-corrected chi connectivity index (χ3v) is 5.63. The predicted octanol–water partition coefficient (Wildman–Crippen LogP) is 3.08. The van der Waals surface area contributed by atoms with Crippen LogP contribution >= 0.6 is 9.24 Å². The van der Waals surface area contributed by atoms with Crippen molar-refractivity contribution >= 4 is 9.24 Å². The molecule has 2 aliphatic carbocycles. The molecule has 0 aromatic rings. The normalized spacial score (nSPS) is 53.5. The zero-order valence-electron chi connectivity index (χ0n) is 7.85. The van der Waals surface area contributed by atoms with Crippen molar-refractivity contribution in [3.63, 3.8) is 0 Å². The SMILES string of the molecule is CC1CCC2C(C)(C)C2(P)C1. The van der Waals surface area contributed by atoms with Gasteiger partial charge in [0.05, 0.1) is 0 Å². The average Bonchev–Trinajstić information content (AvgIpc) is 2.26. The second kappa shape index (κ2) is 2.02. The van der Waals surface area contributed by atoms with E-state index in [0.29, 0.717) is 10.6 Å². The molecule has 4 unspecified atom stereocenters. The summed E-state index contributed by atoms with van der Waals surface area (Å²) < 4.78 is 0. The van der Waals surface area contributed by atoms with Crippen LogP contribution in [0.4, 0.5) is 0 Å². The van der Waals surface area contributed by atoms with E-state index < -0.39 is 0 Å². The second-order valence-electron chi connectivity index (χ2n) is 5.20. The van der Waals surface area contributed by atoms with Gasteiger partial charge in [-0.3, -0.25) is 0 Å². The molecule has 0 aromatic carbocycles. The number of hydrogen-bond acceptors (Lipinski definition) is 0. The lowest BCUT2D eigenvalue weighted by Gasteiger charge is -2.23. The topological polar surface area (TPSA) is 0 Å². The Labute approximate surface area is 72.3 Å². The molecule has 64 valence electrons. The van der Waals surface area contributed by atoms with Gasteiger partial charge < -0.3 is 0 Å². The van der Waals surface area contributed by atoms with Crippen molar-refractivity contribution < 1.29 is 0 Å². The second-order valence-corrected chi connectivity index (χ2v) is 6.23. The maximum Gasteiger partial charge on any atom is -0.00602 e. The molecule has 0 amide bonds. The van der Waals surface area contributed by atoms with E-state index in [4.69, 9.17) is 0 Å². The highest BCUT2D eigenvalue weighted by Gasteiger charge is 2.68. The monoisotopic (exact) mass is 170 g/mol. The minimum absolute atomic E-state index is 0.627. The average molecular weight is 170 g/mol. The van der Waals surface area contributed by atoms with Gasteiger partial charge in [0.1, 0.15) is 0 Å². The third-order valence-electron chi connectivity index (χ3n) is 4.24. The number of rotatable bonds is 0. The minimum Gasteiger partial charge on any atom is -0.130 e. The van der Waals surface area contributed by atoms with Crippen LogP contribution < -0.4 is 0 Å². The van der Waals surface area contributed by atoms with Gasteiger partial charge in [-0.25, -0.2) is 0 Å². The molecule has 0 bridgehead atoms. The molecule has 0 heterocycles. The van der Waals surface area contributed by atoms with Crippen LogP contribution in [0.1, 0.15) is 40.0 Å². The molecule has 0 aliphatic heterocycles. The molecule has 0 N–H and O–H groups in total. The van der Waals surface area contributed by atoms with Crippen LogP contribution in [-0.4, -0.2) is 5.16 Å². The van der Waals surface area contributed by atoms with E-state index in [1.54, 1.807) is 0 Å². The van der Waals surface area contributed by atoms with E-state index in [-0.39, 0.29) is 0 Å². The van der Waals surface area contributed by atoms with Crippen LogP contribution in [-0.2, 0) is 0 Å². The van der Waals surface area contributed by atoms with Gasteiger partial charge in [0.2, 0.25) is 0 Å². The summed E-state index contributed by atoms with van der Waals surface area (Å²) in [5.74, 6) is 1.97. The summed E-state index contributed by atoms with van der Waals surface area (Å²) in [6.07, 6.45) is 4.37. The first-order valence-electron chi connectivity index (χ1n) is 4.77. The lowest BCUT2D eigenvalue weighted by molar-refractivity contribution is 0.386. The molecule has 0 radical (unpaired) electrons. The molecule has 2 saturated carbocycles. The fourth-order valence-corrected chi connectivity index (χ4v) is 4.26. The van der Waals surface area contributed by atoms with Gasteiger partial charge in [0.15, 0.2) is 0 Å². The third kappa shape index (κ3) is 0.856. The molecule has 0 spiro atoms. The van der Waals surface area contributed by atoms with E-state index in [9.17, 15) is 0 Å². The molecule has 11 heavy (non-hydrogen) atoms. The van der Waals surface area contributed by atoms with Crippen LogP contribution in [0.15, 0.2) is 0 Å². The highest BCUT2D eigenvalue weighted by atomic mass is 31.0. The number of hydrogen-bond donors (Lipinski definition) is 0. The zero-order valence-corrected chi connectivity index (χ0v) is 9.01. The Balaban J connectivity index is 2.17. The van der Waals surface area contributed by atoms with Crippen molar-refractivity contribution in [1.29, 1.82) is 0 Å². The van der Waals surface area contributed by atoms with E-state index in [2.05, 4.69) is 30.0 Å². The lowest BCUT2D eigenvalue weighted by Crippen LogP contribution is -2.16. The van der Waals surface area contributed by atoms with Crippen molar-refractivity contribution in [1.82, 2.24) is 0 Å². The summed E-state index contributed by atoms with van der Waals surface area (Å²) in [7, 11) is 3.13. The van der Waals surface area contributed by atoms with E-state index in [1.165, 1.54) is 19.3 Å². The molecule has 2 rings (SSSR count). The van der Waals surface area contributed by atoms with Crippen molar-refractivity contribution in [2.75, 3.05) is 0 Å². The van der Waals surface area contributed by atoms with Crippen LogP contribution in [0, 0.1) is 17.3 Å². The predicted molar refractivity (Wildman–Crippen MR) is 52.7 cm³/mol. The molecule has 0 aromatic heterocycles. The Bertz CT molecular complexity index is 185. The summed E-state index contributed by atoms with van der Waals surface area (Å²) in [4.78, 5) is 0. The van der Waals surface area contributed by atoms with Gasteiger partial charge in [0, 0.05) is 0 Å². The van der Waals surface area contributed by atoms with Crippen molar-refractivity contribution in [3.8, 4) is 0 Å². The Hall–Kier alpha value is 0.430. The summed E-state index contributed by atoms with van der Waals surface area (Å²) in [5.41, 5.74) is 0.627. The fourth-order valence-electron chi connectivity index (χ4n) is 3.16. The van der Waals surface area contributed by atoms with Gasteiger partial charge in [-0.15, -0.1) is 9.24 Å². The standard InChI is InChI=1S/C10H19P/c1-7-4-5-8-9(2,3)10(8,11)6-7/h7-8H,4-6,11H2,1-3H3. The highest BCUT2D eigenvalue weighted by molar-refractivity contribution is 7.19. The van der Waals surface area contributed by atoms with Gasteiger partial charge in [-0.1, -0.05) is 27.2 Å². The van der Waals surface area contributed by atoms with Crippen LogP contribution in [0.25, 0.3) is 0 Å².